The quantitative estimate of drug-likeness (QED) is 0.807. The van der Waals surface area contributed by atoms with Gasteiger partial charge >= 0.3 is 0 Å². The number of carbonyl (C=O) groups excluding carboxylic acids is 1. The van der Waals surface area contributed by atoms with Gasteiger partial charge in [-0.1, -0.05) is 29.8 Å². The number of hydrogen-bond donors (Lipinski definition) is 0. The summed E-state index contributed by atoms with van der Waals surface area (Å²) in [7, 11) is 2.10. The second kappa shape index (κ2) is 8.30. The lowest BCUT2D eigenvalue weighted by Gasteiger charge is -2.29. The number of morpholine rings is 1. The van der Waals surface area contributed by atoms with Crippen molar-refractivity contribution in [1.82, 2.24) is 9.80 Å². The maximum Gasteiger partial charge on any atom is 0.224 e. The summed E-state index contributed by atoms with van der Waals surface area (Å²) in [5.74, 6) is 0.248. The van der Waals surface area contributed by atoms with Crippen molar-refractivity contribution in [3.05, 3.63) is 35.4 Å². The number of hydrogen-bond acceptors (Lipinski definition) is 3. The second-order valence-electron chi connectivity index (χ2n) is 6.26. The highest BCUT2D eigenvalue weighted by molar-refractivity contribution is 5.76. The lowest BCUT2D eigenvalue weighted by Crippen LogP contribution is -2.42. The SMILES string of the molecule is Cc1ccc(C[C@@H](C)N(C)CCC(=O)N2CCOCC2)cc1. The van der Waals surface area contributed by atoms with Crippen molar-refractivity contribution in [2.45, 2.75) is 32.7 Å². The Bertz CT molecular complexity index is 466. The molecule has 0 bridgehead atoms. The maximum atomic E-state index is 12.2. The lowest BCUT2D eigenvalue weighted by molar-refractivity contribution is -0.135. The molecule has 1 heterocycles. The molecule has 1 aromatic rings. The summed E-state index contributed by atoms with van der Waals surface area (Å²) < 4.78 is 5.28. The third kappa shape index (κ3) is 5.11. The van der Waals surface area contributed by atoms with Crippen LogP contribution < -0.4 is 0 Å². The summed E-state index contributed by atoms with van der Waals surface area (Å²) in [4.78, 5) is 16.4. The van der Waals surface area contributed by atoms with E-state index in [2.05, 4.69) is 50.1 Å². The Hall–Kier alpha value is -1.39. The largest absolute Gasteiger partial charge is 0.378 e. The number of rotatable bonds is 6. The summed E-state index contributed by atoms with van der Waals surface area (Å²) in [5, 5.41) is 0. The van der Waals surface area contributed by atoms with Crippen LogP contribution in [0.2, 0.25) is 0 Å². The predicted octanol–water partition coefficient (Wildman–Crippen LogP) is 2.11. The number of benzene rings is 1. The molecule has 1 aliphatic rings. The van der Waals surface area contributed by atoms with Crippen molar-refractivity contribution in [3.8, 4) is 0 Å². The van der Waals surface area contributed by atoms with Crippen molar-refractivity contribution in [3.63, 3.8) is 0 Å². The van der Waals surface area contributed by atoms with Crippen LogP contribution in [0.15, 0.2) is 24.3 Å². The summed E-state index contributed by atoms with van der Waals surface area (Å²) in [6.45, 7) is 7.96. The molecule has 22 heavy (non-hydrogen) atoms. The molecule has 1 fully saturated rings. The molecule has 4 nitrogen and oxygen atoms in total. The van der Waals surface area contributed by atoms with E-state index in [-0.39, 0.29) is 5.91 Å². The Morgan fingerprint density at radius 3 is 2.55 bits per heavy atom. The lowest BCUT2D eigenvalue weighted by atomic mass is 10.0. The monoisotopic (exact) mass is 304 g/mol. The fraction of sp³-hybridized carbons (Fsp3) is 0.611. The molecule has 0 radical (unpaired) electrons. The Balaban J connectivity index is 1.74. The zero-order chi connectivity index (χ0) is 15.9. The van der Waals surface area contributed by atoms with Crippen LogP contribution >= 0.6 is 0 Å². The van der Waals surface area contributed by atoms with Gasteiger partial charge in [-0.3, -0.25) is 4.79 Å². The van der Waals surface area contributed by atoms with E-state index in [0.29, 0.717) is 25.7 Å². The first-order valence-corrected chi connectivity index (χ1v) is 8.17. The molecule has 4 heteroatoms. The fourth-order valence-corrected chi connectivity index (χ4v) is 2.68. The standard InChI is InChI=1S/C18H28N2O2/c1-15-4-6-17(7-5-15)14-16(2)19(3)9-8-18(21)20-10-12-22-13-11-20/h4-7,16H,8-14H2,1-3H3/t16-/m1/s1. The minimum atomic E-state index is 0.248. The normalized spacial score (nSPS) is 16.8. The van der Waals surface area contributed by atoms with Crippen LogP contribution in [0, 0.1) is 6.92 Å². The Morgan fingerprint density at radius 1 is 1.27 bits per heavy atom. The molecule has 1 atom stereocenters. The van der Waals surface area contributed by atoms with E-state index in [4.69, 9.17) is 4.74 Å². The molecule has 1 aliphatic heterocycles. The minimum absolute atomic E-state index is 0.248. The van der Waals surface area contributed by atoms with E-state index >= 15 is 0 Å². The first-order chi connectivity index (χ1) is 10.6. The van der Waals surface area contributed by atoms with Gasteiger partial charge in [-0.2, -0.15) is 0 Å². The number of likely N-dealkylation sites (N-methyl/N-ethyl adjacent to an activating group) is 1. The van der Waals surface area contributed by atoms with E-state index in [9.17, 15) is 4.79 Å². The Labute approximate surface area is 134 Å². The smallest absolute Gasteiger partial charge is 0.224 e. The molecule has 1 aromatic carbocycles. The van der Waals surface area contributed by atoms with Crippen LogP contribution in [-0.2, 0) is 16.0 Å². The summed E-state index contributed by atoms with van der Waals surface area (Å²) in [6, 6.07) is 9.13. The van der Waals surface area contributed by atoms with Crippen LogP contribution in [0.1, 0.15) is 24.5 Å². The zero-order valence-corrected chi connectivity index (χ0v) is 14.0. The topological polar surface area (TPSA) is 32.8 Å². The summed E-state index contributed by atoms with van der Waals surface area (Å²) in [6.07, 6.45) is 1.61. The van der Waals surface area contributed by atoms with Gasteiger partial charge in [-0.05, 0) is 32.9 Å². The molecule has 0 aromatic heterocycles. The van der Waals surface area contributed by atoms with E-state index in [0.717, 1.165) is 26.1 Å². The highest BCUT2D eigenvalue weighted by atomic mass is 16.5. The van der Waals surface area contributed by atoms with Crippen LogP contribution in [0.3, 0.4) is 0 Å². The molecule has 1 amide bonds. The fourth-order valence-electron chi connectivity index (χ4n) is 2.68. The van der Waals surface area contributed by atoms with Crippen LogP contribution in [0.4, 0.5) is 0 Å². The zero-order valence-electron chi connectivity index (χ0n) is 14.0. The van der Waals surface area contributed by atoms with E-state index in [1.807, 2.05) is 4.90 Å². The number of amides is 1. The van der Waals surface area contributed by atoms with Crippen molar-refractivity contribution in [1.29, 1.82) is 0 Å². The highest BCUT2D eigenvalue weighted by Crippen LogP contribution is 2.10. The Kier molecular flexibility index (Phi) is 6.40. The second-order valence-corrected chi connectivity index (χ2v) is 6.26. The molecule has 0 unspecified atom stereocenters. The first kappa shape index (κ1) is 17.0. The summed E-state index contributed by atoms with van der Waals surface area (Å²) >= 11 is 0. The van der Waals surface area contributed by atoms with Crippen molar-refractivity contribution >= 4 is 5.91 Å². The molecule has 0 saturated carbocycles. The van der Waals surface area contributed by atoms with Crippen LogP contribution in [0.5, 0.6) is 0 Å². The van der Waals surface area contributed by atoms with E-state index < -0.39 is 0 Å². The molecular formula is C18H28N2O2. The number of nitrogens with zero attached hydrogens (tertiary/aromatic N) is 2. The molecule has 2 rings (SSSR count). The van der Waals surface area contributed by atoms with Crippen molar-refractivity contribution in [2.75, 3.05) is 39.9 Å². The average Bonchev–Trinajstić information content (AvgIpc) is 2.55. The van der Waals surface area contributed by atoms with Gasteiger partial charge in [0.15, 0.2) is 0 Å². The maximum absolute atomic E-state index is 12.2. The van der Waals surface area contributed by atoms with Crippen molar-refractivity contribution < 1.29 is 9.53 Å². The minimum Gasteiger partial charge on any atom is -0.378 e. The highest BCUT2D eigenvalue weighted by Gasteiger charge is 2.18. The predicted molar refractivity (Wildman–Crippen MR) is 89.0 cm³/mol. The van der Waals surface area contributed by atoms with Gasteiger partial charge in [-0.25, -0.2) is 0 Å². The Morgan fingerprint density at radius 2 is 1.91 bits per heavy atom. The third-order valence-corrected chi connectivity index (χ3v) is 4.45. The van der Waals surface area contributed by atoms with Gasteiger partial charge in [0, 0.05) is 32.1 Å². The summed E-state index contributed by atoms with van der Waals surface area (Å²) in [5.41, 5.74) is 2.64. The molecule has 0 spiro atoms. The molecule has 0 aliphatic carbocycles. The van der Waals surface area contributed by atoms with Gasteiger partial charge in [0.05, 0.1) is 13.2 Å². The van der Waals surface area contributed by atoms with Gasteiger partial charge in [0.25, 0.3) is 0 Å². The molecular weight excluding hydrogens is 276 g/mol. The van der Waals surface area contributed by atoms with E-state index in [1.165, 1.54) is 11.1 Å². The number of ether oxygens (including phenoxy) is 1. The van der Waals surface area contributed by atoms with Gasteiger partial charge in [-0.15, -0.1) is 0 Å². The molecule has 122 valence electrons. The van der Waals surface area contributed by atoms with Gasteiger partial charge in [0.1, 0.15) is 0 Å². The van der Waals surface area contributed by atoms with Crippen LogP contribution in [0.25, 0.3) is 0 Å². The van der Waals surface area contributed by atoms with E-state index in [1.54, 1.807) is 0 Å². The van der Waals surface area contributed by atoms with Gasteiger partial charge in [0.2, 0.25) is 5.91 Å². The first-order valence-electron chi connectivity index (χ1n) is 8.17. The van der Waals surface area contributed by atoms with Crippen molar-refractivity contribution in [2.24, 2.45) is 0 Å². The molecule has 1 saturated heterocycles. The molecule has 0 N–H and O–H groups in total. The number of aryl methyl sites for hydroxylation is 1. The average molecular weight is 304 g/mol. The van der Waals surface area contributed by atoms with Gasteiger partial charge < -0.3 is 14.5 Å². The number of carbonyl (C=O) groups is 1. The van der Waals surface area contributed by atoms with Crippen LogP contribution in [-0.4, -0.2) is 61.6 Å². The third-order valence-electron chi connectivity index (χ3n) is 4.45.